The molecule has 2 fully saturated rings. The Morgan fingerprint density at radius 1 is 1.15 bits per heavy atom. The van der Waals surface area contributed by atoms with Crippen LogP contribution in [0.3, 0.4) is 0 Å². The third kappa shape index (κ3) is 9.86. The molecule has 0 aromatic carbocycles. The molecule has 0 bridgehead atoms. The van der Waals surface area contributed by atoms with Gasteiger partial charge in [0.15, 0.2) is 0 Å². The number of nitrogens with zero attached hydrogens (tertiary/aromatic N) is 1. The molecule has 0 radical (unpaired) electrons. The summed E-state index contributed by atoms with van der Waals surface area (Å²) in [6.07, 6.45) is -0.842. The fourth-order valence-corrected chi connectivity index (χ4v) is 5.85. The quantitative estimate of drug-likeness (QED) is 0.0770. The molecule has 0 spiro atoms. The van der Waals surface area contributed by atoms with Crippen LogP contribution in [0.25, 0.3) is 0 Å². The minimum Gasteiger partial charge on any atom is -0.390 e. The number of hydrogen-bond donors (Lipinski definition) is 7. The number of aliphatic hydroxyl groups excluding tert-OH is 1. The number of urea groups is 1. The van der Waals surface area contributed by atoms with E-state index >= 15 is 0 Å². The largest absolute Gasteiger partial charge is 1.00 e. The molecule has 2 saturated heterocycles. The number of hydrogen-bond acceptors (Lipinski definition) is 11. The van der Waals surface area contributed by atoms with Crippen LogP contribution in [0.15, 0.2) is 12.2 Å². The molecule has 0 aliphatic carbocycles. The SMILES string of the molecule is NC/C=C/C1CN([C@H]2C[C@H](O)[C@@H](COP(=O)(O)OP(=O)(O)OP(=O)(O)O)O2)C(=O)NC1=O.[Na+]. The van der Waals surface area contributed by atoms with Gasteiger partial charge in [-0.25, -0.2) is 18.5 Å². The Balaban J connectivity index is 0.00000544. The summed E-state index contributed by atoms with van der Waals surface area (Å²) in [5.41, 5.74) is 5.34. The van der Waals surface area contributed by atoms with Gasteiger partial charge in [0.2, 0.25) is 5.91 Å². The summed E-state index contributed by atoms with van der Waals surface area (Å²) in [5.74, 6) is -1.29. The minimum absolute atomic E-state index is 0. The van der Waals surface area contributed by atoms with E-state index in [9.17, 15) is 33.3 Å². The molecule has 184 valence electrons. The van der Waals surface area contributed by atoms with Crippen LogP contribution in [0.4, 0.5) is 4.79 Å². The van der Waals surface area contributed by atoms with E-state index in [2.05, 4.69) is 18.5 Å². The summed E-state index contributed by atoms with van der Waals surface area (Å²) in [6, 6.07) is -0.793. The zero-order chi connectivity index (χ0) is 24.3. The first kappa shape index (κ1) is 31.0. The van der Waals surface area contributed by atoms with Crippen LogP contribution < -0.4 is 40.6 Å². The molecule has 0 aromatic heterocycles. The number of ether oxygens (including phenoxy) is 1. The molecule has 33 heavy (non-hydrogen) atoms. The van der Waals surface area contributed by atoms with E-state index in [1.54, 1.807) is 0 Å². The Kier molecular flexibility index (Phi) is 11.5. The number of carbonyl (C=O) groups excluding carboxylic acids is 2. The van der Waals surface area contributed by atoms with Crippen LogP contribution in [0, 0.1) is 5.92 Å². The van der Waals surface area contributed by atoms with E-state index in [1.165, 1.54) is 12.2 Å². The van der Waals surface area contributed by atoms with Gasteiger partial charge in [0.25, 0.3) is 0 Å². The normalized spacial score (nSPS) is 29.9. The molecule has 2 aliphatic rings. The number of phosphoric acid groups is 3. The Labute approximate surface area is 209 Å². The summed E-state index contributed by atoms with van der Waals surface area (Å²) in [6.45, 7) is -0.813. The summed E-state index contributed by atoms with van der Waals surface area (Å²) in [4.78, 5) is 60.7. The third-order valence-electron chi connectivity index (χ3n) is 4.10. The van der Waals surface area contributed by atoms with Crippen LogP contribution in [0.1, 0.15) is 6.42 Å². The molecule has 17 nitrogen and oxygen atoms in total. The summed E-state index contributed by atoms with van der Waals surface area (Å²) < 4.78 is 50.7. The predicted octanol–water partition coefficient (Wildman–Crippen LogP) is -4.51. The van der Waals surface area contributed by atoms with Crippen molar-refractivity contribution in [2.24, 2.45) is 11.7 Å². The monoisotopic (exact) mass is 548 g/mol. The Morgan fingerprint density at radius 3 is 2.36 bits per heavy atom. The second-order valence-electron chi connectivity index (χ2n) is 6.54. The molecule has 2 rings (SSSR count). The van der Waals surface area contributed by atoms with Gasteiger partial charge in [0.05, 0.1) is 18.6 Å². The average molecular weight is 548 g/mol. The van der Waals surface area contributed by atoms with Crippen LogP contribution in [0.2, 0.25) is 0 Å². The van der Waals surface area contributed by atoms with Gasteiger partial charge in [-0.2, -0.15) is 8.62 Å². The van der Waals surface area contributed by atoms with Gasteiger partial charge in [-0.05, 0) is 0 Å². The van der Waals surface area contributed by atoms with Crippen molar-refractivity contribution < 1.29 is 95.4 Å². The number of nitrogens with one attached hydrogen (secondary N) is 1. The molecule has 2 heterocycles. The number of rotatable bonds is 10. The zero-order valence-corrected chi connectivity index (χ0v) is 21.8. The van der Waals surface area contributed by atoms with Gasteiger partial charge in [-0.15, -0.1) is 0 Å². The fourth-order valence-electron chi connectivity index (χ4n) is 2.82. The Bertz CT molecular complexity index is 898. The van der Waals surface area contributed by atoms with Gasteiger partial charge in [-0.1, -0.05) is 12.2 Å². The maximum atomic E-state index is 12.1. The number of phosphoric ester groups is 1. The van der Waals surface area contributed by atoms with Gasteiger partial charge in [0.1, 0.15) is 12.3 Å². The van der Waals surface area contributed by atoms with Crippen molar-refractivity contribution >= 4 is 35.4 Å². The third-order valence-corrected chi connectivity index (χ3v) is 7.90. The van der Waals surface area contributed by atoms with Crippen LogP contribution in [0.5, 0.6) is 0 Å². The molecule has 21 heteroatoms. The Hall–Kier alpha value is -0.0300. The molecule has 3 unspecified atom stereocenters. The molecule has 0 saturated carbocycles. The maximum Gasteiger partial charge on any atom is 1.00 e. The molecular weight excluding hydrogens is 526 g/mol. The van der Waals surface area contributed by atoms with E-state index in [0.717, 1.165) is 4.90 Å². The molecule has 0 aromatic rings. The van der Waals surface area contributed by atoms with E-state index < -0.39 is 66.4 Å². The van der Waals surface area contributed by atoms with Crippen LogP contribution >= 0.6 is 23.5 Å². The minimum atomic E-state index is -5.69. The number of imide groups is 1. The van der Waals surface area contributed by atoms with Crippen molar-refractivity contribution in [1.29, 1.82) is 0 Å². The topological polar surface area (TPSA) is 265 Å². The molecule has 2 aliphatic heterocycles. The van der Waals surface area contributed by atoms with Crippen molar-refractivity contribution in [3.63, 3.8) is 0 Å². The van der Waals surface area contributed by atoms with Crippen LogP contribution in [-0.2, 0) is 36.4 Å². The van der Waals surface area contributed by atoms with Crippen molar-refractivity contribution in [2.75, 3.05) is 19.7 Å². The van der Waals surface area contributed by atoms with Crippen molar-refractivity contribution in [1.82, 2.24) is 10.2 Å². The van der Waals surface area contributed by atoms with Crippen molar-refractivity contribution in [3.8, 4) is 0 Å². The molecule has 8 N–H and O–H groups in total. The molecule has 3 amide bonds. The first-order valence-corrected chi connectivity index (χ1v) is 13.2. The first-order valence-electron chi connectivity index (χ1n) is 8.72. The predicted molar refractivity (Wildman–Crippen MR) is 101 cm³/mol. The second-order valence-corrected chi connectivity index (χ2v) is 11.0. The maximum absolute atomic E-state index is 12.1. The van der Waals surface area contributed by atoms with Crippen molar-refractivity contribution in [3.05, 3.63) is 12.2 Å². The number of nitrogens with two attached hydrogens (primary N) is 1. The Morgan fingerprint density at radius 2 is 1.79 bits per heavy atom. The molecular formula is C12H22N3NaO14P3+. The summed E-state index contributed by atoms with van der Waals surface area (Å²) in [7, 11) is -16.6. The number of amides is 3. The summed E-state index contributed by atoms with van der Waals surface area (Å²) >= 11 is 0. The van der Waals surface area contributed by atoms with Gasteiger partial charge in [0, 0.05) is 19.5 Å². The smallest absolute Gasteiger partial charge is 0.390 e. The van der Waals surface area contributed by atoms with Gasteiger partial charge >= 0.3 is 59.1 Å². The van der Waals surface area contributed by atoms with Gasteiger partial charge in [-0.3, -0.25) is 19.5 Å². The zero-order valence-electron chi connectivity index (χ0n) is 17.1. The van der Waals surface area contributed by atoms with E-state index in [4.69, 9.17) is 25.2 Å². The van der Waals surface area contributed by atoms with E-state index in [-0.39, 0.29) is 49.1 Å². The summed E-state index contributed by atoms with van der Waals surface area (Å²) in [5, 5.41) is 12.2. The van der Waals surface area contributed by atoms with E-state index in [1.807, 2.05) is 0 Å². The first-order chi connectivity index (χ1) is 14.6. The number of carbonyl (C=O) groups is 2. The van der Waals surface area contributed by atoms with E-state index in [0.29, 0.717) is 0 Å². The van der Waals surface area contributed by atoms with Gasteiger partial charge < -0.3 is 35.2 Å². The average Bonchev–Trinajstić information content (AvgIpc) is 2.97. The molecule has 6 atom stereocenters. The standard InChI is InChI=1S/C12H22N3O14P3.Na/c13-3-1-2-7-5-15(12(18)14-11(7)17)10-4-8(16)9(27-10)6-26-31(22,23)29-32(24,25)28-30(19,20)21;/h1-2,7-10,16H,3-6,13H2,(H,22,23)(H,24,25)(H,14,17,18)(H2,19,20,21);/q;+1/b2-1+;/t7?,8-,9+,10+;/m0./s1. The van der Waals surface area contributed by atoms with Crippen molar-refractivity contribution in [2.45, 2.75) is 24.9 Å². The fraction of sp³-hybridized carbons (Fsp3) is 0.667. The number of aliphatic hydroxyl groups is 1. The van der Waals surface area contributed by atoms with Crippen LogP contribution in [-0.4, -0.2) is 79.7 Å². The second kappa shape index (κ2) is 12.3.